The fraction of sp³-hybridized carbons (Fsp3) is 0.588. The smallest absolute Gasteiger partial charge is 0.314 e. The molecule has 0 radical (unpaired) electrons. The predicted molar refractivity (Wildman–Crippen MR) is 91.5 cm³/mol. The van der Waals surface area contributed by atoms with Gasteiger partial charge in [-0.25, -0.2) is 4.79 Å². The standard InChI is InChI=1S/C17H28N4O2/c1-20-9-11-21(12-10-20)16(15-6-4-3-5-7-15)14-19-17(22)18-8-13-23-2/h3-7,16H,8-14H2,1-2H3,(H2,18,19,22). The van der Waals surface area contributed by atoms with E-state index >= 15 is 0 Å². The Balaban J connectivity index is 1.93. The molecular formula is C17H28N4O2. The van der Waals surface area contributed by atoms with Crippen molar-refractivity contribution < 1.29 is 9.53 Å². The molecule has 1 aromatic rings. The van der Waals surface area contributed by atoms with Crippen molar-refractivity contribution in [2.75, 3.05) is 60.0 Å². The molecule has 1 aromatic carbocycles. The Morgan fingerprint density at radius 2 is 1.87 bits per heavy atom. The van der Waals surface area contributed by atoms with Crippen molar-refractivity contribution in [1.29, 1.82) is 0 Å². The number of nitrogens with one attached hydrogen (secondary N) is 2. The molecule has 23 heavy (non-hydrogen) atoms. The van der Waals surface area contributed by atoms with Crippen LogP contribution in [-0.4, -0.2) is 75.9 Å². The van der Waals surface area contributed by atoms with Crippen molar-refractivity contribution in [2.45, 2.75) is 6.04 Å². The Bertz CT molecular complexity index is 461. The fourth-order valence-electron chi connectivity index (χ4n) is 2.79. The van der Waals surface area contributed by atoms with Crippen LogP contribution in [0.15, 0.2) is 30.3 Å². The molecule has 6 nitrogen and oxygen atoms in total. The van der Waals surface area contributed by atoms with Crippen LogP contribution in [0.1, 0.15) is 11.6 Å². The molecule has 1 heterocycles. The summed E-state index contributed by atoms with van der Waals surface area (Å²) in [4.78, 5) is 16.7. The Morgan fingerprint density at radius 3 is 2.52 bits per heavy atom. The van der Waals surface area contributed by atoms with Gasteiger partial charge in [-0.1, -0.05) is 30.3 Å². The Morgan fingerprint density at radius 1 is 1.17 bits per heavy atom. The summed E-state index contributed by atoms with van der Waals surface area (Å²) in [5.74, 6) is 0. The number of likely N-dealkylation sites (N-methyl/N-ethyl adjacent to an activating group) is 1. The molecular weight excluding hydrogens is 292 g/mol. The maximum atomic E-state index is 11.9. The summed E-state index contributed by atoms with van der Waals surface area (Å²) in [6, 6.07) is 10.5. The second kappa shape index (κ2) is 9.50. The molecule has 2 amide bonds. The first-order valence-corrected chi connectivity index (χ1v) is 8.19. The van der Waals surface area contributed by atoms with Crippen molar-refractivity contribution in [1.82, 2.24) is 20.4 Å². The summed E-state index contributed by atoms with van der Waals surface area (Å²) in [6.07, 6.45) is 0. The average molecular weight is 320 g/mol. The summed E-state index contributed by atoms with van der Waals surface area (Å²) in [6.45, 7) is 5.80. The maximum absolute atomic E-state index is 11.9. The van der Waals surface area contributed by atoms with Crippen LogP contribution < -0.4 is 10.6 Å². The number of rotatable bonds is 7. The van der Waals surface area contributed by atoms with E-state index in [0.29, 0.717) is 19.7 Å². The molecule has 0 spiro atoms. The van der Waals surface area contributed by atoms with Crippen LogP contribution in [0.5, 0.6) is 0 Å². The second-order valence-electron chi connectivity index (χ2n) is 5.90. The first-order valence-electron chi connectivity index (χ1n) is 8.19. The first kappa shape index (κ1) is 17.7. The molecule has 1 aliphatic rings. The maximum Gasteiger partial charge on any atom is 0.314 e. The Kier molecular flexibility index (Phi) is 7.32. The van der Waals surface area contributed by atoms with Gasteiger partial charge >= 0.3 is 6.03 Å². The van der Waals surface area contributed by atoms with Gasteiger partial charge in [0.15, 0.2) is 0 Å². The van der Waals surface area contributed by atoms with E-state index in [9.17, 15) is 4.79 Å². The van der Waals surface area contributed by atoms with Gasteiger partial charge in [-0.15, -0.1) is 0 Å². The van der Waals surface area contributed by atoms with Gasteiger partial charge in [0, 0.05) is 46.4 Å². The zero-order valence-electron chi connectivity index (χ0n) is 14.1. The highest BCUT2D eigenvalue weighted by atomic mass is 16.5. The quantitative estimate of drug-likeness (QED) is 0.734. The van der Waals surface area contributed by atoms with Gasteiger partial charge in [0.1, 0.15) is 0 Å². The third-order valence-corrected chi connectivity index (χ3v) is 4.21. The lowest BCUT2D eigenvalue weighted by molar-refractivity contribution is 0.111. The van der Waals surface area contributed by atoms with Crippen LogP contribution >= 0.6 is 0 Å². The van der Waals surface area contributed by atoms with E-state index in [2.05, 4.69) is 51.7 Å². The molecule has 0 aliphatic carbocycles. The third-order valence-electron chi connectivity index (χ3n) is 4.21. The number of carbonyl (C=O) groups is 1. The van der Waals surface area contributed by atoms with Gasteiger partial charge in [0.25, 0.3) is 0 Å². The van der Waals surface area contributed by atoms with Gasteiger partial charge in [0.05, 0.1) is 12.6 Å². The van der Waals surface area contributed by atoms with Gasteiger partial charge < -0.3 is 20.3 Å². The molecule has 2 rings (SSSR count). The molecule has 128 valence electrons. The van der Waals surface area contributed by atoms with Crippen LogP contribution in [0.3, 0.4) is 0 Å². The number of amides is 2. The second-order valence-corrected chi connectivity index (χ2v) is 5.90. The number of hydrogen-bond donors (Lipinski definition) is 2. The third kappa shape index (κ3) is 5.82. The summed E-state index contributed by atoms with van der Waals surface area (Å²) < 4.78 is 4.94. The highest BCUT2D eigenvalue weighted by Gasteiger charge is 2.24. The largest absolute Gasteiger partial charge is 0.383 e. The molecule has 0 aromatic heterocycles. The highest BCUT2D eigenvalue weighted by molar-refractivity contribution is 5.73. The van der Waals surface area contributed by atoms with Gasteiger partial charge in [-0.05, 0) is 12.6 Å². The normalized spacial score (nSPS) is 17.7. The van der Waals surface area contributed by atoms with E-state index in [1.165, 1.54) is 5.56 Å². The number of carbonyl (C=O) groups excluding carboxylic acids is 1. The minimum absolute atomic E-state index is 0.142. The number of urea groups is 1. The van der Waals surface area contributed by atoms with Crippen molar-refractivity contribution in [3.8, 4) is 0 Å². The molecule has 0 bridgehead atoms. The Hall–Kier alpha value is -1.63. The van der Waals surface area contributed by atoms with Crippen LogP contribution in [-0.2, 0) is 4.74 Å². The molecule has 1 fully saturated rings. The van der Waals surface area contributed by atoms with Gasteiger partial charge in [-0.3, -0.25) is 4.90 Å². The topological polar surface area (TPSA) is 56.8 Å². The zero-order chi connectivity index (χ0) is 16.5. The average Bonchev–Trinajstić information content (AvgIpc) is 2.58. The van der Waals surface area contributed by atoms with Crippen LogP contribution in [0, 0.1) is 0 Å². The summed E-state index contributed by atoms with van der Waals surface area (Å²) in [5.41, 5.74) is 1.24. The molecule has 1 saturated heterocycles. The lowest BCUT2D eigenvalue weighted by atomic mass is 10.0. The molecule has 1 unspecified atom stereocenters. The van der Waals surface area contributed by atoms with E-state index in [4.69, 9.17) is 4.74 Å². The number of piperazine rings is 1. The van der Waals surface area contributed by atoms with Crippen LogP contribution in [0.2, 0.25) is 0 Å². The lowest BCUT2D eigenvalue weighted by Crippen LogP contribution is -2.49. The fourth-order valence-corrected chi connectivity index (χ4v) is 2.79. The van der Waals surface area contributed by atoms with Crippen LogP contribution in [0.4, 0.5) is 4.79 Å². The van der Waals surface area contributed by atoms with Crippen molar-refractivity contribution >= 4 is 6.03 Å². The van der Waals surface area contributed by atoms with Crippen LogP contribution in [0.25, 0.3) is 0 Å². The van der Waals surface area contributed by atoms with Crippen molar-refractivity contribution in [3.05, 3.63) is 35.9 Å². The first-order chi connectivity index (χ1) is 11.2. The monoisotopic (exact) mass is 320 g/mol. The molecule has 0 saturated carbocycles. The predicted octanol–water partition coefficient (Wildman–Crippen LogP) is 0.921. The number of methoxy groups -OCH3 is 1. The minimum Gasteiger partial charge on any atom is -0.383 e. The van der Waals surface area contributed by atoms with E-state index in [-0.39, 0.29) is 12.1 Å². The number of ether oxygens (including phenoxy) is 1. The van der Waals surface area contributed by atoms with E-state index in [1.807, 2.05) is 6.07 Å². The Labute approximate surface area is 138 Å². The number of benzene rings is 1. The molecule has 1 aliphatic heterocycles. The summed E-state index contributed by atoms with van der Waals surface area (Å²) >= 11 is 0. The number of hydrogen-bond acceptors (Lipinski definition) is 4. The SMILES string of the molecule is COCCNC(=O)NCC(c1ccccc1)N1CCN(C)CC1. The van der Waals surface area contributed by atoms with Crippen molar-refractivity contribution in [3.63, 3.8) is 0 Å². The van der Waals surface area contributed by atoms with E-state index in [0.717, 1.165) is 26.2 Å². The zero-order valence-corrected chi connectivity index (χ0v) is 14.1. The lowest BCUT2D eigenvalue weighted by Gasteiger charge is -2.38. The molecule has 2 N–H and O–H groups in total. The van der Waals surface area contributed by atoms with Gasteiger partial charge in [0.2, 0.25) is 0 Å². The molecule has 6 heteroatoms. The van der Waals surface area contributed by atoms with E-state index < -0.39 is 0 Å². The van der Waals surface area contributed by atoms with Crippen molar-refractivity contribution in [2.24, 2.45) is 0 Å². The highest BCUT2D eigenvalue weighted by Crippen LogP contribution is 2.21. The minimum atomic E-state index is -0.142. The summed E-state index contributed by atoms with van der Waals surface area (Å²) in [7, 11) is 3.77. The van der Waals surface area contributed by atoms with E-state index in [1.54, 1.807) is 7.11 Å². The molecule has 1 atom stereocenters. The number of nitrogens with zero attached hydrogens (tertiary/aromatic N) is 2. The van der Waals surface area contributed by atoms with Gasteiger partial charge in [-0.2, -0.15) is 0 Å². The summed E-state index contributed by atoms with van der Waals surface area (Å²) in [5, 5.41) is 5.79.